The zero-order valence-corrected chi connectivity index (χ0v) is 15.3. The van der Waals surface area contributed by atoms with Crippen molar-refractivity contribution in [2.45, 2.75) is 12.8 Å². The van der Waals surface area contributed by atoms with E-state index in [0.717, 1.165) is 11.1 Å². The number of nitrogens with two attached hydrogens (primary N) is 1. The fourth-order valence-electron chi connectivity index (χ4n) is 3.82. The molecule has 2 N–H and O–H groups in total. The Balaban J connectivity index is 1.59. The van der Waals surface area contributed by atoms with Gasteiger partial charge >= 0.3 is 11.9 Å². The molecule has 0 saturated heterocycles. The van der Waals surface area contributed by atoms with Gasteiger partial charge in [0.2, 0.25) is 0 Å². The predicted molar refractivity (Wildman–Crippen MR) is 105 cm³/mol. The molecule has 0 radical (unpaired) electrons. The minimum Gasteiger partial charge on any atom is -0.461 e. The maximum atomic E-state index is 12.7. The van der Waals surface area contributed by atoms with Gasteiger partial charge in [-0.1, -0.05) is 54.6 Å². The number of rotatable bonds is 4. The van der Waals surface area contributed by atoms with Crippen LogP contribution >= 0.6 is 0 Å². The number of fused-ring (bicyclic) bond motifs is 3. The van der Waals surface area contributed by atoms with Crippen LogP contribution in [0.25, 0.3) is 11.1 Å². The van der Waals surface area contributed by atoms with E-state index in [1.54, 1.807) is 25.1 Å². The molecule has 3 aromatic carbocycles. The van der Waals surface area contributed by atoms with E-state index in [-0.39, 0.29) is 18.1 Å². The van der Waals surface area contributed by atoms with Gasteiger partial charge in [-0.15, -0.1) is 0 Å². The number of hydrogen-bond donors (Lipinski definition) is 1. The van der Waals surface area contributed by atoms with Gasteiger partial charge in [0.05, 0.1) is 11.1 Å². The SMILES string of the molecule is Cc1c(C(=O)ON)cccc1C(=O)OCC1c2ccccc2-c2ccccc21. The van der Waals surface area contributed by atoms with Gasteiger partial charge < -0.3 is 9.57 Å². The molecular formula is C23H19NO4. The zero-order chi connectivity index (χ0) is 19.7. The summed E-state index contributed by atoms with van der Waals surface area (Å²) in [5.41, 5.74) is 5.68. The quantitative estimate of drug-likeness (QED) is 0.552. The molecule has 1 aliphatic rings. The number of esters is 1. The highest BCUT2D eigenvalue weighted by Gasteiger charge is 2.29. The van der Waals surface area contributed by atoms with Gasteiger partial charge in [0.15, 0.2) is 0 Å². The average molecular weight is 373 g/mol. The molecule has 0 unspecified atom stereocenters. The Morgan fingerprint density at radius 3 is 1.93 bits per heavy atom. The number of carbonyl (C=O) groups is 2. The van der Waals surface area contributed by atoms with Crippen molar-refractivity contribution in [1.29, 1.82) is 0 Å². The smallest absolute Gasteiger partial charge is 0.356 e. The van der Waals surface area contributed by atoms with E-state index in [1.165, 1.54) is 11.1 Å². The first-order chi connectivity index (χ1) is 13.6. The molecule has 3 aromatic rings. The molecule has 0 atom stereocenters. The fraction of sp³-hybridized carbons (Fsp3) is 0.130. The highest BCUT2D eigenvalue weighted by atomic mass is 16.7. The highest BCUT2D eigenvalue weighted by molar-refractivity contribution is 5.97. The Kier molecular flexibility index (Phi) is 4.67. The van der Waals surface area contributed by atoms with Crippen LogP contribution < -0.4 is 5.90 Å². The Hall–Kier alpha value is -3.44. The third-order valence-corrected chi connectivity index (χ3v) is 5.22. The first-order valence-electron chi connectivity index (χ1n) is 8.98. The molecule has 140 valence electrons. The van der Waals surface area contributed by atoms with E-state index in [4.69, 9.17) is 10.6 Å². The second-order valence-electron chi connectivity index (χ2n) is 6.71. The van der Waals surface area contributed by atoms with Crippen LogP contribution in [0.1, 0.15) is 43.3 Å². The van der Waals surface area contributed by atoms with Gasteiger partial charge in [0, 0.05) is 5.92 Å². The van der Waals surface area contributed by atoms with Crippen molar-refractivity contribution in [3.8, 4) is 11.1 Å². The summed E-state index contributed by atoms with van der Waals surface area (Å²) in [6, 6.07) is 21.1. The van der Waals surface area contributed by atoms with Gasteiger partial charge in [-0.2, -0.15) is 5.90 Å². The second kappa shape index (κ2) is 7.29. The summed E-state index contributed by atoms with van der Waals surface area (Å²) in [5.74, 6) is 3.78. The molecule has 5 nitrogen and oxygen atoms in total. The summed E-state index contributed by atoms with van der Waals surface area (Å²) in [6.45, 7) is 1.89. The summed E-state index contributed by atoms with van der Waals surface area (Å²) in [6.07, 6.45) is 0. The highest BCUT2D eigenvalue weighted by Crippen LogP contribution is 2.44. The summed E-state index contributed by atoms with van der Waals surface area (Å²) in [4.78, 5) is 28.7. The molecule has 0 saturated carbocycles. The Morgan fingerprint density at radius 2 is 1.36 bits per heavy atom. The number of ether oxygens (including phenoxy) is 1. The van der Waals surface area contributed by atoms with Crippen molar-refractivity contribution < 1.29 is 19.2 Å². The van der Waals surface area contributed by atoms with Gasteiger partial charge in [0.25, 0.3) is 0 Å². The first kappa shape index (κ1) is 17.9. The second-order valence-corrected chi connectivity index (χ2v) is 6.71. The van der Waals surface area contributed by atoms with Crippen molar-refractivity contribution in [1.82, 2.24) is 0 Å². The topological polar surface area (TPSA) is 78.6 Å². The van der Waals surface area contributed by atoms with Crippen molar-refractivity contribution >= 4 is 11.9 Å². The monoisotopic (exact) mass is 373 g/mol. The van der Waals surface area contributed by atoms with Crippen molar-refractivity contribution in [2.24, 2.45) is 5.90 Å². The van der Waals surface area contributed by atoms with Crippen molar-refractivity contribution in [3.63, 3.8) is 0 Å². The maximum absolute atomic E-state index is 12.7. The lowest BCUT2D eigenvalue weighted by Crippen LogP contribution is -2.16. The lowest BCUT2D eigenvalue weighted by atomic mass is 9.98. The van der Waals surface area contributed by atoms with Crippen LogP contribution in [0.5, 0.6) is 0 Å². The molecule has 0 amide bonds. The molecule has 1 aliphatic carbocycles. The standard InChI is InChI=1S/C23H19NO4/c1-14-15(11-6-12-16(14)23(26)28-24)22(25)27-13-21-19-9-4-2-7-17(19)18-8-3-5-10-20(18)21/h2-12,21H,13,24H2,1H3. The zero-order valence-electron chi connectivity index (χ0n) is 15.3. The van der Waals surface area contributed by atoms with Crippen LogP contribution in [0.4, 0.5) is 0 Å². The van der Waals surface area contributed by atoms with Crippen LogP contribution in [-0.4, -0.2) is 18.5 Å². The molecule has 4 rings (SSSR count). The third-order valence-electron chi connectivity index (χ3n) is 5.22. The summed E-state index contributed by atoms with van der Waals surface area (Å²) < 4.78 is 5.65. The third kappa shape index (κ3) is 2.96. The minimum atomic E-state index is -0.689. The Labute approximate surface area is 162 Å². The lowest BCUT2D eigenvalue weighted by Gasteiger charge is -2.15. The van der Waals surface area contributed by atoms with E-state index >= 15 is 0 Å². The van der Waals surface area contributed by atoms with Crippen LogP contribution in [0.15, 0.2) is 66.7 Å². The molecule has 0 aromatic heterocycles. The molecular weight excluding hydrogens is 354 g/mol. The lowest BCUT2D eigenvalue weighted by molar-refractivity contribution is 0.0492. The van der Waals surface area contributed by atoms with Crippen LogP contribution in [-0.2, 0) is 9.57 Å². The van der Waals surface area contributed by atoms with E-state index in [0.29, 0.717) is 11.1 Å². The van der Waals surface area contributed by atoms with Gasteiger partial charge in [-0.05, 0) is 46.9 Å². The van der Waals surface area contributed by atoms with E-state index in [1.807, 2.05) is 24.3 Å². The van der Waals surface area contributed by atoms with Gasteiger partial charge in [0.1, 0.15) is 6.61 Å². The molecule has 5 heteroatoms. The molecule has 28 heavy (non-hydrogen) atoms. The summed E-state index contributed by atoms with van der Waals surface area (Å²) in [5, 5.41) is 0. The van der Waals surface area contributed by atoms with Gasteiger partial charge in [-0.25, -0.2) is 9.59 Å². The molecule has 0 heterocycles. The predicted octanol–water partition coefficient (Wildman–Crippen LogP) is 3.99. The molecule has 0 fully saturated rings. The fourth-order valence-corrected chi connectivity index (χ4v) is 3.82. The first-order valence-corrected chi connectivity index (χ1v) is 8.98. The van der Waals surface area contributed by atoms with Crippen LogP contribution in [0, 0.1) is 6.92 Å². The van der Waals surface area contributed by atoms with Crippen LogP contribution in [0.2, 0.25) is 0 Å². The normalized spacial score (nSPS) is 12.2. The van der Waals surface area contributed by atoms with Crippen molar-refractivity contribution in [3.05, 3.63) is 94.5 Å². The minimum absolute atomic E-state index is 0.0196. The van der Waals surface area contributed by atoms with Gasteiger partial charge in [-0.3, -0.25) is 0 Å². The average Bonchev–Trinajstić information content (AvgIpc) is 3.05. The van der Waals surface area contributed by atoms with E-state index in [9.17, 15) is 9.59 Å². The number of carbonyl (C=O) groups excluding carboxylic acids is 2. The Bertz CT molecular complexity index is 1030. The van der Waals surface area contributed by atoms with E-state index in [2.05, 4.69) is 29.1 Å². The largest absolute Gasteiger partial charge is 0.461 e. The number of benzene rings is 3. The summed E-state index contributed by atoms with van der Waals surface area (Å²) >= 11 is 0. The Morgan fingerprint density at radius 1 is 0.821 bits per heavy atom. The van der Waals surface area contributed by atoms with E-state index < -0.39 is 11.9 Å². The van der Waals surface area contributed by atoms with Crippen molar-refractivity contribution in [2.75, 3.05) is 6.61 Å². The summed E-state index contributed by atoms with van der Waals surface area (Å²) in [7, 11) is 0. The molecule has 0 spiro atoms. The molecule has 0 aliphatic heterocycles. The van der Waals surface area contributed by atoms with Crippen LogP contribution in [0.3, 0.4) is 0 Å². The molecule has 0 bridgehead atoms. The number of hydrogen-bond acceptors (Lipinski definition) is 5. The maximum Gasteiger partial charge on any atom is 0.356 e.